The first-order valence-corrected chi connectivity index (χ1v) is 24.1. The van der Waals surface area contributed by atoms with Crippen molar-refractivity contribution in [2.75, 3.05) is 0 Å². The van der Waals surface area contributed by atoms with Crippen LogP contribution in [0.15, 0.2) is 231 Å². The molecular weight excluding hydrogens is 793 g/mol. The summed E-state index contributed by atoms with van der Waals surface area (Å²) < 4.78 is 0. The van der Waals surface area contributed by atoms with E-state index in [4.69, 9.17) is 0 Å². The Balaban J connectivity index is 0.000000169. The monoisotopic (exact) mass is 861 g/mol. The van der Waals surface area contributed by atoms with Gasteiger partial charge in [0.1, 0.15) is 0 Å². The summed E-state index contributed by atoms with van der Waals surface area (Å²) >= 11 is 0. The van der Waals surface area contributed by atoms with Crippen molar-refractivity contribution in [3.05, 3.63) is 264 Å². The van der Waals surface area contributed by atoms with Crippen LogP contribution >= 0.6 is 0 Å². The number of rotatable bonds is 11. The third-order valence-electron chi connectivity index (χ3n) is 12.0. The van der Waals surface area contributed by atoms with E-state index in [2.05, 4.69) is 253 Å². The molecule has 0 heterocycles. The highest BCUT2D eigenvalue weighted by Crippen LogP contribution is 2.40. The van der Waals surface area contributed by atoms with Crippen LogP contribution in [-0.4, -0.2) is 0 Å². The number of benzene rings is 8. The zero-order valence-electron chi connectivity index (χ0n) is 40.2. The van der Waals surface area contributed by atoms with Gasteiger partial charge in [-0.1, -0.05) is 252 Å². The van der Waals surface area contributed by atoms with Crippen LogP contribution < -0.4 is 0 Å². The van der Waals surface area contributed by atoms with Crippen molar-refractivity contribution in [2.45, 2.75) is 79.6 Å². The minimum absolute atomic E-state index is 0.717. The number of aryl methyl sites for hydroxylation is 3. The molecule has 1 aliphatic rings. The first-order chi connectivity index (χ1) is 32.4. The fourth-order valence-corrected chi connectivity index (χ4v) is 8.20. The third kappa shape index (κ3) is 13.7. The molecule has 0 heteroatoms. The van der Waals surface area contributed by atoms with Crippen LogP contribution in [0.4, 0.5) is 0 Å². The first-order valence-electron chi connectivity index (χ1n) is 24.1. The summed E-state index contributed by atoms with van der Waals surface area (Å²) in [6, 6.07) is 73.6. The van der Waals surface area contributed by atoms with E-state index >= 15 is 0 Å². The molecule has 66 heavy (non-hydrogen) atoms. The summed E-state index contributed by atoms with van der Waals surface area (Å²) in [5.74, 6) is 0.717. The van der Waals surface area contributed by atoms with Gasteiger partial charge in [-0.3, -0.25) is 0 Å². The Morgan fingerprint density at radius 3 is 1.33 bits per heavy atom. The SMILES string of the molecule is C=C(/C=C(\C=C/C)c1ccc(CCC)cc1)c1ccccc1C1CCC1.CC.Cc1ccc(-c2cc(-c3ccccc3)cc(-c3ccccc3)c2)cc1.Cc1ccc(-c2ccccc2)cc1. The molecule has 0 bridgehead atoms. The summed E-state index contributed by atoms with van der Waals surface area (Å²) in [4.78, 5) is 0. The normalized spacial score (nSPS) is 12.1. The average molecular weight is 861 g/mol. The number of hydrogen-bond acceptors (Lipinski definition) is 0. The van der Waals surface area contributed by atoms with Gasteiger partial charge in [-0.15, -0.1) is 0 Å². The highest BCUT2D eigenvalue weighted by molar-refractivity contribution is 5.87. The summed E-state index contributed by atoms with van der Waals surface area (Å²) in [5.41, 5.74) is 20.4. The molecule has 8 aromatic carbocycles. The largest absolute Gasteiger partial charge is 0.0911 e. The van der Waals surface area contributed by atoms with Crippen LogP contribution in [0.25, 0.3) is 55.7 Å². The minimum atomic E-state index is 0.717. The smallest absolute Gasteiger partial charge is 0.0155 e. The quantitative estimate of drug-likeness (QED) is 0.114. The molecule has 0 atom stereocenters. The predicted molar refractivity (Wildman–Crippen MR) is 291 cm³/mol. The van der Waals surface area contributed by atoms with Crippen LogP contribution in [-0.2, 0) is 6.42 Å². The van der Waals surface area contributed by atoms with Gasteiger partial charge in [0.2, 0.25) is 0 Å². The molecule has 0 N–H and O–H groups in total. The fraction of sp³-hybridized carbons (Fsp3) is 0.182. The van der Waals surface area contributed by atoms with Crippen molar-refractivity contribution in [3.8, 4) is 44.5 Å². The van der Waals surface area contributed by atoms with Crippen LogP contribution in [0.1, 0.15) is 92.7 Å². The molecule has 1 fully saturated rings. The molecule has 0 nitrogen and oxygen atoms in total. The summed E-state index contributed by atoms with van der Waals surface area (Å²) in [7, 11) is 0. The van der Waals surface area contributed by atoms with Gasteiger partial charge in [0, 0.05) is 0 Å². The van der Waals surface area contributed by atoms with Gasteiger partial charge in [0.05, 0.1) is 0 Å². The molecule has 1 aliphatic carbocycles. The second-order valence-electron chi connectivity index (χ2n) is 16.9. The Hall–Kier alpha value is -7.02. The van der Waals surface area contributed by atoms with Gasteiger partial charge in [0.25, 0.3) is 0 Å². The zero-order valence-corrected chi connectivity index (χ0v) is 40.2. The standard InChI is InChI=1S/C26H30.C25H20.C13H12.C2H6/c1-4-9-21-15-17-22(18-16-21)24(10-5-2)19-20(3)25-13-6-7-14-26(25)23-11-8-12-23;1-19-12-14-22(15-13-19)25-17-23(20-8-4-2-5-9-20)16-24(18-25)21-10-6-3-7-11-21;1-11-7-9-13(10-8-11)12-5-3-2-4-6-12;1-2/h5-7,10,13-19,23H,3-4,8-9,11-12H2,1-2H3;2-18H,1H3;2-10H,1H3;1-2H3/b10-5-,24-19+;;;. The summed E-state index contributed by atoms with van der Waals surface area (Å²) in [6.45, 7) is 16.9. The average Bonchev–Trinajstić information content (AvgIpc) is 3.36. The van der Waals surface area contributed by atoms with Crippen molar-refractivity contribution >= 4 is 11.1 Å². The van der Waals surface area contributed by atoms with E-state index in [1.54, 1.807) is 0 Å². The molecular formula is C66H68. The van der Waals surface area contributed by atoms with Gasteiger partial charge in [0.15, 0.2) is 0 Å². The molecule has 0 radical (unpaired) electrons. The lowest BCUT2D eigenvalue weighted by Gasteiger charge is -2.28. The lowest BCUT2D eigenvalue weighted by molar-refractivity contribution is 0.419. The lowest BCUT2D eigenvalue weighted by atomic mass is 9.77. The van der Waals surface area contributed by atoms with Crippen LogP contribution in [0.5, 0.6) is 0 Å². The van der Waals surface area contributed by atoms with Crippen molar-refractivity contribution < 1.29 is 0 Å². The molecule has 0 amide bonds. The van der Waals surface area contributed by atoms with Gasteiger partial charge in [-0.25, -0.2) is 0 Å². The maximum absolute atomic E-state index is 4.41. The molecule has 0 aliphatic heterocycles. The van der Waals surface area contributed by atoms with Crippen molar-refractivity contribution in [3.63, 3.8) is 0 Å². The van der Waals surface area contributed by atoms with Crippen LogP contribution in [0, 0.1) is 13.8 Å². The topological polar surface area (TPSA) is 0 Å². The fourth-order valence-electron chi connectivity index (χ4n) is 8.20. The molecule has 0 saturated heterocycles. The Morgan fingerprint density at radius 1 is 0.500 bits per heavy atom. The van der Waals surface area contributed by atoms with E-state index in [0.717, 1.165) is 17.9 Å². The number of allylic oxidation sites excluding steroid dienone is 5. The highest BCUT2D eigenvalue weighted by Gasteiger charge is 2.22. The van der Waals surface area contributed by atoms with Crippen molar-refractivity contribution in [1.29, 1.82) is 0 Å². The predicted octanol–water partition coefficient (Wildman–Crippen LogP) is 19.3. The minimum Gasteiger partial charge on any atom is -0.0911 e. The number of hydrogen-bond donors (Lipinski definition) is 0. The van der Waals surface area contributed by atoms with Gasteiger partial charge in [-0.05, 0) is 148 Å². The maximum atomic E-state index is 4.41. The van der Waals surface area contributed by atoms with Crippen LogP contribution in [0.3, 0.4) is 0 Å². The Morgan fingerprint density at radius 2 is 0.909 bits per heavy atom. The second kappa shape index (κ2) is 25.5. The molecule has 1 saturated carbocycles. The molecule has 8 aromatic rings. The Kier molecular flexibility index (Phi) is 18.7. The summed E-state index contributed by atoms with van der Waals surface area (Å²) in [5, 5.41) is 0. The van der Waals surface area contributed by atoms with E-state index in [0.29, 0.717) is 0 Å². The maximum Gasteiger partial charge on any atom is -0.0155 e. The van der Waals surface area contributed by atoms with Gasteiger partial charge in [-0.2, -0.15) is 0 Å². The zero-order chi connectivity index (χ0) is 46.5. The van der Waals surface area contributed by atoms with E-state index in [1.807, 2.05) is 19.9 Å². The Bertz CT molecular complexity index is 2670. The van der Waals surface area contributed by atoms with Gasteiger partial charge < -0.3 is 0 Å². The van der Waals surface area contributed by atoms with Crippen molar-refractivity contribution in [2.24, 2.45) is 0 Å². The molecule has 0 spiro atoms. The van der Waals surface area contributed by atoms with Crippen molar-refractivity contribution in [1.82, 2.24) is 0 Å². The molecule has 332 valence electrons. The van der Waals surface area contributed by atoms with E-state index < -0.39 is 0 Å². The van der Waals surface area contributed by atoms with Crippen LogP contribution in [0.2, 0.25) is 0 Å². The van der Waals surface area contributed by atoms with Gasteiger partial charge >= 0.3 is 0 Å². The Labute approximate surface area is 397 Å². The van der Waals surface area contributed by atoms with E-state index in [-0.39, 0.29) is 0 Å². The van der Waals surface area contributed by atoms with E-state index in [9.17, 15) is 0 Å². The van der Waals surface area contributed by atoms with E-state index in [1.165, 1.54) is 109 Å². The lowest BCUT2D eigenvalue weighted by Crippen LogP contribution is -2.10. The third-order valence-corrected chi connectivity index (χ3v) is 12.0. The first kappa shape index (κ1) is 48.4. The molecule has 0 aromatic heterocycles. The highest BCUT2D eigenvalue weighted by atomic mass is 14.3. The second-order valence-corrected chi connectivity index (χ2v) is 16.9. The molecule has 0 unspecified atom stereocenters. The molecule has 9 rings (SSSR count). The summed E-state index contributed by atoms with van der Waals surface area (Å²) in [6.07, 6.45) is 12.9.